The minimum absolute atomic E-state index is 0.273. The van der Waals surface area contributed by atoms with Crippen molar-refractivity contribution in [3.8, 4) is 0 Å². The summed E-state index contributed by atoms with van der Waals surface area (Å²) in [6.45, 7) is 18.4. The Morgan fingerprint density at radius 1 is 1.17 bits per heavy atom. The lowest BCUT2D eigenvalue weighted by molar-refractivity contribution is -0.140. The molecule has 0 fully saturated rings. The number of ether oxygens (including phenoxy) is 1. The van der Waals surface area contributed by atoms with Gasteiger partial charge in [0.15, 0.2) is 0 Å². The molecule has 0 bridgehead atoms. The van der Waals surface area contributed by atoms with Crippen LogP contribution in [0.5, 0.6) is 0 Å². The van der Waals surface area contributed by atoms with E-state index >= 15 is 0 Å². The van der Waals surface area contributed by atoms with Crippen molar-refractivity contribution < 1.29 is 9.53 Å². The monoisotopic (exact) mass is 259 g/mol. The van der Waals surface area contributed by atoms with Crippen LogP contribution in [-0.2, 0) is 9.53 Å². The zero-order chi connectivity index (χ0) is 15.0. The smallest absolute Gasteiger partial charge is 0.302 e. The molecule has 0 aromatic rings. The Hall–Kier alpha value is -0.570. The first-order chi connectivity index (χ1) is 7.90. The molecule has 0 aromatic heterocycles. The van der Waals surface area contributed by atoms with Crippen molar-refractivity contribution in [1.82, 2.24) is 0 Å². The van der Waals surface area contributed by atoms with Gasteiger partial charge in [0, 0.05) is 13.5 Å². The molecule has 0 heterocycles. The second-order valence-electron chi connectivity index (χ2n) is 7.16. The average Bonchev–Trinajstić information content (AvgIpc) is 2.11. The Kier molecular flexibility index (Phi) is 9.35. The van der Waals surface area contributed by atoms with E-state index in [4.69, 9.17) is 5.73 Å². The first kappa shape index (κ1) is 19.8. The fraction of sp³-hybridized carbons (Fsp3) is 0.933. The third-order valence-electron chi connectivity index (χ3n) is 2.82. The van der Waals surface area contributed by atoms with Crippen LogP contribution in [0.3, 0.4) is 0 Å². The van der Waals surface area contributed by atoms with E-state index in [1.807, 2.05) is 0 Å². The molecule has 0 saturated carbocycles. The van der Waals surface area contributed by atoms with Crippen LogP contribution in [0.15, 0.2) is 0 Å². The summed E-state index contributed by atoms with van der Waals surface area (Å²) in [5, 5.41) is 0. The Balaban J connectivity index is 0. The molecule has 0 aromatic carbocycles. The van der Waals surface area contributed by atoms with Gasteiger partial charge < -0.3 is 10.5 Å². The molecule has 0 aliphatic carbocycles. The number of hydrogen-bond donors (Lipinski definition) is 1. The van der Waals surface area contributed by atoms with Crippen molar-refractivity contribution in [2.45, 2.75) is 61.8 Å². The van der Waals surface area contributed by atoms with E-state index in [-0.39, 0.29) is 5.97 Å². The first-order valence-corrected chi connectivity index (χ1v) is 6.73. The maximum absolute atomic E-state index is 9.92. The topological polar surface area (TPSA) is 52.3 Å². The molecule has 18 heavy (non-hydrogen) atoms. The minimum atomic E-state index is -0.273. The van der Waals surface area contributed by atoms with E-state index in [9.17, 15) is 4.79 Å². The van der Waals surface area contributed by atoms with Crippen molar-refractivity contribution in [3.63, 3.8) is 0 Å². The van der Waals surface area contributed by atoms with Gasteiger partial charge in [0.2, 0.25) is 0 Å². The Morgan fingerprint density at radius 3 is 1.72 bits per heavy atom. The molecular formula is C15H33NO2. The number of rotatable bonds is 3. The van der Waals surface area contributed by atoms with E-state index < -0.39 is 0 Å². The van der Waals surface area contributed by atoms with Gasteiger partial charge in [0.25, 0.3) is 0 Å². The van der Waals surface area contributed by atoms with Crippen molar-refractivity contribution in [2.75, 3.05) is 13.2 Å². The molecule has 2 N–H and O–H groups in total. The first-order valence-electron chi connectivity index (χ1n) is 6.73. The van der Waals surface area contributed by atoms with Crippen molar-refractivity contribution >= 4 is 5.97 Å². The van der Waals surface area contributed by atoms with Gasteiger partial charge in [-0.05, 0) is 23.2 Å². The average molecular weight is 259 g/mol. The van der Waals surface area contributed by atoms with Crippen molar-refractivity contribution in [1.29, 1.82) is 0 Å². The lowest BCUT2D eigenvalue weighted by Gasteiger charge is -2.32. The van der Waals surface area contributed by atoms with Crippen molar-refractivity contribution in [2.24, 2.45) is 22.5 Å². The van der Waals surface area contributed by atoms with Crippen LogP contribution in [0.1, 0.15) is 61.8 Å². The van der Waals surface area contributed by atoms with E-state index in [0.717, 1.165) is 5.92 Å². The van der Waals surface area contributed by atoms with Gasteiger partial charge in [0.05, 0.1) is 0 Å². The highest BCUT2D eigenvalue weighted by molar-refractivity contribution is 5.65. The zero-order valence-electron chi connectivity index (χ0n) is 13.6. The summed E-state index contributed by atoms with van der Waals surface area (Å²) in [7, 11) is 0. The van der Waals surface area contributed by atoms with E-state index in [1.54, 1.807) is 0 Å². The maximum Gasteiger partial charge on any atom is 0.302 e. The molecular weight excluding hydrogens is 226 g/mol. The second-order valence-corrected chi connectivity index (χ2v) is 7.16. The number of carbonyl (C=O) groups excluding carboxylic acids is 1. The lowest BCUT2D eigenvalue weighted by Crippen LogP contribution is -2.22. The van der Waals surface area contributed by atoms with E-state index in [2.05, 4.69) is 53.2 Å². The summed E-state index contributed by atoms with van der Waals surface area (Å²) < 4.78 is 4.43. The fourth-order valence-electron chi connectivity index (χ4n) is 1.43. The van der Waals surface area contributed by atoms with Crippen LogP contribution in [0, 0.1) is 16.7 Å². The SMILES string of the molecule is CC(=O)OCCN.CC(CC(C)(C)C)C(C)(C)C. The molecule has 0 rings (SSSR count). The highest BCUT2D eigenvalue weighted by atomic mass is 16.5. The summed E-state index contributed by atoms with van der Waals surface area (Å²) >= 11 is 0. The summed E-state index contributed by atoms with van der Waals surface area (Å²) in [5.74, 6) is 0.535. The highest BCUT2D eigenvalue weighted by Gasteiger charge is 2.24. The van der Waals surface area contributed by atoms with Crippen LogP contribution in [0.25, 0.3) is 0 Å². The molecule has 110 valence electrons. The Bertz CT molecular complexity index is 224. The number of carbonyl (C=O) groups is 1. The molecule has 3 nitrogen and oxygen atoms in total. The molecule has 1 atom stereocenters. The molecule has 3 heteroatoms. The highest BCUT2D eigenvalue weighted by Crippen LogP contribution is 2.35. The molecule has 0 aliphatic heterocycles. The van der Waals surface area contributed by atoms with E-state index in [1.165, 1.54) is 13.3 Å². The summed E-state index contributed by atoms with van der Waals surface area (Å²) in [4.78, 5) is 9.92. The Labute approximate surface area is 113 Å². The fourth-order valence-corrected chi connectivity index (χ4v) is 1.43. The van der Waals surface area contributed by atoms with Gasteiger partial charge in [-0.15, -0.1) is 0 Å². The van der Waals surface area contributed by atoms with Gasteiger partial charge in [-0.2, -0.15) is 0 Å². The quantitative estimate of drug-likeness (QED) is 0.788. The standard InChI is InChI=1S/C11H24.C4H9NO2/c1-9(11(5,6)7)8-10(2,3)4;1-4(6)7-3-2-5/h9H,8H2,1-7H3;2-3,5H2,1H3. The molecule has 0 saturated heterocycles. The van der Waals surface area contributed by atoms with Crippen LogP contribution in [0.2, 0.25) is 0 Å². The zero-order valence-corrected chi connectivity index (χ0v) is 13.6. The molecule has 0 amide bonds. The summed E-state index contributed by atoms with van der Waals surface area (Å²) in [6.07, 6.45) is 1.32. The number of esters is 1. The maximum atomic E-state index is 9.92. The minimum Gasteiger partial charge on any atom is -0.465 e. The van der Waals surface area contributed by atoms with Crippen molar-refractivity contribution in [3.05, 3.63) is 0 Å². The predicted molar refractivity (Wildman–Crippen MR) is 78.4 cm³/mol. The molecule has 0 spiro atoms. The van der Waals surface area contributed by atoms with Crippen LogP contribution >= 0.6 is 0 Å². The molecule has 0 radical (unpaired) electrons. The van der Waals surface area contributed by atoms with Crippen LogP contribution in [-0.4, -0.2) is 19.1 Å². The largest absolute Gasteiger partial charge is 0.465 e. The Morgan fingerprint density at radius 2 is 1.61 bits per heavy atom. The van der Waals surface area contributed by atoms with Gasteiger partial charge in [0.1, 0.15) is 6.61 Å². The third-order valence-corrected chi connectivity index (χ3v) is 2.82. The molecule has 1 unspecified atom stereocenters. The number of nitrogens with two attached hydrogens (primary N) is 1. The summed E-state index contributed by atoms with van der Waals surface area (Å²) in [6, 6.07) is 0. The van der Waals surface area contributed by atoms with E-state index in [0.29, 0.717) is 24.0 Å². The van der Waals surface area contributed by atoms with Gasteiger partial charge in [-0.25, -0.2) is 0 Å². The third kappa shape index (κ3) is 15.4. The van der Waals surface area contributed by atoms with Gasteiger partial charge >= 0.3 is 5.97 Å². The van der Waals surface area contributed by atoms with Gasteiger partial charge in [-0.1, -0.05) is 48.5 Å². The predicted octanol–water partition coefficient (Wildman–Crippen LogP) is 3.61. The summed E-state index contributed by atoms with van der Waals surface area (Å²) in [5.41, 5.74) is 5.94. The molecule has 0 aliphatic rings. The second kappa shape index (κ2) is 8.52. The number of hydrogen-bond acceptors (Lipinski definition) is 3. The van der Waals surface area contributed by atoms with Crippen LogP contribution < -0.4 is 5.73 Å². The normalized spacial score (nSPS) is 13.4. The van der Waals surface area contributed by atoms with Gasteiger partial charge in [-0.3, -0.25) is 4.79 Å². The van der Waals surface area contributed by atoms with Crippen LogP contribution in [0.4, 0.5) is 0 Å². The lowest BCUT2D eigenvalue weighted by atomic mass is 9.73.